The van der Waals surface area contributed by atoms with Crippen LogP contribution in [-0.4, -0.2) is 41.1 Å². The highest BCUT2D eigenvalue weighted by Crippen LogP contribution is 2.26. The van der Waals surface area contributed by atoms with Crippen LogP contribution < -0.4 is 0 Å². The number of aliphatic hydroxyl groups is 1. The fraction of sp³-hybridized carbons (Fsp3) is 0.256. The Hall–Kier alpha value is -3.69. The molecular weight excluding hydrogens is 642 g/mol. The lowest BCUT2D eigenvalue weighted by atomic mass is 9.97. The highest BCUT2D eigenvalue weighted by Gasteiger charge is 2.38. The first kappa shape index (κ1) is 33.7. The summed E-state index contributed by atoms with van der Waals surface area (Å²) < 4.78 is 27.5. The van der Waals surface area contributed by atoms with Crippen molar-refractivity contribution < 1.29 is 24.1 Å². The Morgan fingerprint density at radius 2 is 0.891 bits per heavy atom. The zero-order valence-electron chi connectivity index (χ0n) is 25.7. The minimum absolute atomic E-state index is 0.263. The molecule has 4 aromatic carbocycles. The number of pyridine rings is 1. The maximum Gasteiger partial charge on any atom is 0.115 e. The summed E-state index contributed by atoms with van der Waals surface area (Å²) in [6.07, 6.45) is 1.62. The van der Waals surface area contributed by atoms with Gasteiger partial charge in [-0.3, -0.25) is 4.98 Å². The number of hydrogen-bond donors (Lipinski definition) is 1. The number of hydrogen-bond acceptors (Lipinski definition) is 6. The molecule has 1 aromatic heterocycles. The van der Waals surface area contributed by atoms with E-state index < -0.39 is 24.4 Å². The zero-order valence-corrected chi connectivity index (χ0v) is 27.3. The van der Waals surface area contributed by atoms with Gasteiger partial charge in [0.25, 0.3) is 0 Å². The van der Waals surface area contributed by atoms with Crippen LogP contribution in [0.4, 0.5) is 0 Å². The maximum atomic E-state index is 10.8. The Balaban J connectivity index is 1.50. The molecule has 6 nitrogen and oxygen atoms in total. The molecule has 0 aliphatic heterocycles. The molecule has 0 bridgehead atoms. The second-order valence-electron chi connectivity index (χ2n) is 11.1. The van der Waals surface area contributed by atoms with Crippen LogP contribution >= 0.6 is 15.9 Å². The van der Waals surface area contributed by atoms with Gasteiger partial charge in [-0.05, 0) is 49.8 Å². The lowest BCUT2D eigenvalue weighted by molar-refractivity contribution is -0.196. The van der Waals surface area contributed by atoms with Crippen molar-refractivity contribution >= 4 is 15.9 Å². The van der Waals surface area contributed by atoms with E-state index >= 15 is 0 Å². The summed E-state index contributed by atoms with van der Waals surface area (Å²) in [6.45, 7) is 1.06. The first-order chi connectivity index (χ1) is 22.7. The lowest BCUT2D eigenvalue weighted by Gasteiger charge is -2.37. The number of halogens is 1. The number of rotatable bonds is 18. The number of benzene rings is 4. The van der Waals surface area contributed by atoms with E-state index in [0.717, 1.165) is 32.3 Å². The average molecular weight is 683 g/mol. The number of ether oxygens (including phenoxy) is 4. The quantitative estimate of drug-likeness (QED) is 0.102. The van der Waals surface area contributed by atoms with Gasteiger partial charge in [0.15, 0.2) is 0 Å². The number of aliphatic hydroxyl groups excluding tert-OH is 1. The average Bonchev–Trinajstić information content (AvgIpc) is 3.11. The third-order valence-corrected chi connectivity index (χ3v) is 8.05. The lowest BCUT2D eigenvalue weighted by Crippen LogP contribution is -2.51. The first-order valence-electron chi connectivity index (χ1n) is 15.5. The van der Waals surface area contributed by atoms with Gasteiger partial charge in [0.05, 0.1) is 39.1 Å². The molecule has 4 atom stereocenters. The summed E-state index contributed by atoms with van der Waals surface area (Å²) >= 11 is 3.57. The van der Waals surface area contributed by atoms with Crippen LogP contribution in [0.15, 0.2) is 144 Å². The van der Waals surface area contributed by atoms with E-state index in [9.17, 15) is 5.11 Å². The molecule has 238 valence electrons. The highest BCUT2D eigenvalue weighted by atomic mass is 79.9. The second kappa shape index (κ2) is 18.5. The summed E-state index contributed by atoms with van der Waals surface area (Å²) in [5, 5.41) is 10.8. The van der Waals surface area contributed by atoms with Crippen LogP contribution in [0.5, 0.6) is 0 Å². The molecule has 0 amide bonds. The Morgan fingerprint density at radius 1 is 0.500 bits per heavy atom. The van der Waals surface area contributed by atoms with E-state index in [0.29, 0.717) is 32.8 Å². The van der Waals surface area contributed by atoms with Crippen LogP contribution in [0.25, 0.3) is 0 Å². The normalized spacial score (nSPS) is 14.0. The molecule has 5 aromatic rings. The number of nitrogens with zero attached hydrogens (tertiary/aromatic N) is 1. The third-order valence-electron chi connectivity index (χ3n) is 7.62. The minimum Gasteiger partial charge on any atom is -0.394 e. The topological polar surface area (TPSA) is 70.0 Å². The minimum atomic E-state index is -0.701. The Labute approximate surface area is 280 Å². The van der Waals surface area contributed by atoms with E-state index in [2.05, 4.69) is 20.9 Å². The molecule has 0 radical (unpaired) electrons. The van der Waals surface area contributed by atoms with Crippen LogP contribution in [0, 0.1) is 0 Å². The van der Waals surface area contributed by atoms with Crippen molar-refractivity contribution in [2.45, 2.75) is 57.3 Å². The SMILES string of the molecule is OCC(OCc1ccccc1)C(OCc1ccccc1)C(OCc1ccccc1)C(Cc1cncc(Br)c1)OCc1ccccc1. The van der Waals surface area contributed by atoms with E-state index in [1.165, 1.54) is 0 Å². The molecule has 46 heavy (non-hydrogen) atoms. The van der Waals surface area contributed by atoms with Crippen molar-refractivity contribution in [2.24, 2.45) is 0 Å². The molecule has 4 unspecified atom stereocenters. The zero-order chi connectivity index (χ0) is 31.8. The molecule has 0 spiro atoms. The van der Waals surface area contributed by atoms with Gasteiger partial charge in [0, 0.05) is 23.3 Å². The molecule has 1 heterocycles. The largest absolute Gasteiger partial charge is 0.394 e. The van der Waals surface area contributed by atoms with Gasteiger partial charge in [-0.2, -0.15) is 0 Å². The van der Waals surface area contributed by atoms with Crippen molar-refractivity contribution in [2.75, 3.05) is 6.61 Å². The Morgan fingerprint density at radius 3 is 1.30 bits per heavy atom. The fourth-order valence-electron chi connectivity index (χ4n) is 5.24. The van der Waals surface area contributed by atoms with Crippen LogP contribution in [0.2, 0.25) is 0 Å². The van der Waals surface area contributed by atoms with Crippen molar-refractivity contribution in [1.29, 1.82) is 0 Å². The summed E-state index contributed by atoms with van der Waals surface area (Å²) in [7, 11) is 0. The van der Waals surface area contributed by atoms with E-state index in [-0.39, 0.29) is 6.61 Å². The van der Waals surface area contributed by atoms with E-state index in [1.807, 2.05) is 134 Å². The molecule has 0 saturated heterocycles. The van der Waals surface area contributed by atoms with Gasteiger partial charge in [-0.25, -0.2) is 0 Å². The standard InChI is InChI=1S/C39H40BrNO5/c40-35-21-34(23-41-24-35)22-36(43-26-30-13-5-1-6-14-30)38(45-28-32-17-9-3-10-18-32)39(46-29-33-19-11-4-12-20-33)37(25-42)44-27-31-15-7-2-8-16-31/h1-21,23-24,36-39,42H,22,25-29H2. The first-order valence-corrected chi connectivity index (χ1v) is 16.3. The van der Waals surface area contributed by atoms with Crippen molar-refractivity contribution in [1.82, 2.24) is 4.98 Å². The maximum absolute atomic E-state index is 10.8. The van der Waals surface area contributed by atoms with Gasteiger partial charge in [-0.1, -0.05) is 121 Å². The molecule has 0 aliphatic carbocycles. The second-order valence-corrected chi connectivity index (χ2v) is 12.0. The molecule has 5 rings (SSSR count). The predicted molar refractivity (Wildman–Crippen MR) is 183 cm³/mol. The van der Waals surface area contributed by atoms with Gasteiger partial charge in [-0.15, -0.1) is 0 Å². The fourth-order valence-corrected chi connectivity index (χ4v) is 5.65. The van der Waals surface area contributed by atoms with Gasteiger partial charge in [0.2, 0.25) is 0 Å². The summed E-state index contributed by atoms with van der Waals surface area (Å²) in [5.41, 5.74) is 5.05. The molecule has 1 N–H and O–H groups in total. The molecular formula is C39H40BrNO5. The van der Waals surface area contributed by atoms with Crippen molar-refractivity contribution in [3.63, 3.8) is 0 Å². The third kappa shape index (κ3) is 10.7. The molecule has 0 aliphatic rings. The van der Waals surface area contributed by atoms with Crippen LogP contribution in [0.3, 0.4) is 0 Å². The Bertz CT molecular complexity index is 1540. The van der Waals surface area contributed by atoms with E-state index in [1.54, 1.807) is 6.20 Å². The molecule has 7 heteroatoms. The van der Waals surface area contributed by atoms with Gasteiger partial charge >= 0.3 is 0 Å². The monoisotopic (exact) mass is 681 g/mol. The summed E-state index contributed by atoms with van der Waals surface area (Å²) in [5.74, 6) is 0. The van der Waals surface area contributed by atoms with Crippen molar-refractivity contribution in [3.8, 4) is 0 Å². The van der Waals surface area contributed by atoms with Gasteiger partial charge in [0.1, 0.15) is 18.3 Å². The summed E-state index contributed by atoms with van der Waals surface area (Å²) in [4.78, 5) is 4.40. The van der Waals surface area contributed by atoms with Gasteiger partial charge < -0.3 is 24.1 Å². The summed E-state index contributed by atoms with van der Waals surface area (Å²) in [6, 6.07) is 42.1. The predicted octanol–water partition coefficient (Wildman–Crippen LogP) is 7.72. The molecule has 0 fully saturated rings. The smallest absolute Gasteiger partial charge is 0.115 e. The van der Waals surface area contributed by atoms with Crippen LogP contribution in [-0.2, 0) is 51.8 Å². The van der Waals surface area contributed by atoms with E-state index in [4.69, 9.17) is 18.9 Å². The van der Waals surface area contributed by atoms with Crippen molar-refractivity contribution in [3.05, 3.63) is 172 Å². The Kier molecular flexibility index (Phi) is 13.5. The highest BCUT2D eigenvalue weighted by molar-refractivity contribution is 9.10. The van der Waals surface area contributed by atoms with Crippen LogP contribution in [0.1, 0.15) is 27.8 Å². The molecule has 0 saturated carbocycles. The number of aromatic nitrogens is 1.